The number of nitrogens with zero attached hydrogens (tertiary/aromatic N) is 9. The van der Waals surface area contributed by atoms with Crippen LogP contribution in [0.15, 0.2) is 123 Å². The van der Waals surface area contributed by atoms with E-state index < -0.39 is 0 Å². The van der Waals surface area contributed by atoms with E-state index in [9.17, 15) is 14.4 Å². The summed E-state index contributed by atoms with van der Waals surface area (Å²) < 4.78 is 20.6. The SMILES string of the molecule is COCc1nnc(CCNC(=O)c2cc(-c3ccccc3)on2)s1.O=C(NCCc1nnc(CBr)s1)c1cc(-c2ccccc2)on1.O=C(NCCc1nnc(CO)s1)c1cc(-c2ccccc2)on1. The van der Waals surface area contributed by atoms with Crippen molar-refractivity contribution in [2.24, 2.45) is 0 Å². The fourth-order valence-corrected chi connectivity index (χ4v) is 8.62. The van der Waals surface area contributed by atoms with Gasteiger partial charge in [-0.25, -0.2) is 0 Å². The van der Waals surface area contributed by atoms with Crippen LogP contribution in [0.4, 0.5) is 0 Å². The summed E-state index contributed by atoms with van der Waals surface area (Å²) >= 11 is 7.66. The maximum absolute atomic E-state index is 12.1. The van der Waals surface area contributed by atoms with Crippen molar-refractivity contribution in [1.29, 1.82) is 0 Å². The summed E-state index contributed by atoms with van der Waals surface area (Å²) in [6, 6.07) is 33.4. The van der Waals surface area contributed by atoms with E-state index in [0.717, 1.165) is 41.7 Å². The number of amides is 3. The van der Waals surface area contributed by atoms with Crippen molar-refractivity contribution in [3.8, 4) is 34.0 Å². The quantitative estimate of drug-likeness (QED) is 0.0592. The van der Waals surface area contributed by atoms with Gasteiger partial charge >= 0.3 is 0 Å². The first kappa shape index (κ1) is 50.7. The lowest BCUT2D eigenvalue weighted by Crippen LogP contribution is -2.25. The van der Waals surface area contributed by atoms with Crippen LogP contribution >= 0.6 is 49.9 Å². The van der Waals surface area contributed by atoms with Crippen LogP contribution in [0, 0.1) is 0 Å². The summed E-state index contributed by atoms with van der Waals surface area (Å²) in [5.74, 6) is 0.843. The number of halogens is 1. The predicted molar refractivity (Wildman–Crippen MR) is 263 cm³/mol. The van der Waals surface area contributed by atoms with Crippen LogP contribution in [-0.2, 0) is 42.5 Å². The predicted octanol–water partition coefficient (Wildman–Crippen LogP) is 7.03. The van der Waals surface area contributed by atoms with Gasteiger partial charge in [0.05, 0.1) is 18.5 Å². The molecule has 360 valence electrons. The van der Waals surface area contributed by atoms with E-state index in [1.54, 1.807) is 25.3 Å². The van der Waals surface area contributed by atoms with Crippen molar-refractivity contribution in [3.63, 3.8) is 0 Å². The van der Waals surface area contributed by atoms with Gasteiger partial charge in [0.15, 0.2) is 34.4 Å². The molecule has 4 N–H and O–H groups in total. The van der Waals surface area contributed by atoms with E-state index >= 15 is 0 Å². The molecule has 24 heteroatoms. The molecule has 0 radical (unpaired) electrons. The molecule has 0 saturated carbocycles. The molecule has 0 saturated heterocycles. The Morgan fingerprint density at radius 1 is 0.514 bits per heavy atom. The maximum Gasteiger partial charge on any atom is 0.273 e. The summed E-state index contributed by atoms with van der Waals surface area (Å²) in [5.41, 5.74) is 3.38. The number of aliphatic hydroxyl groups excluding tert-OH is 1. The molecule has 3 aromatic carbocycles. The van der Waals surface area contributed by atoms with Crippen LogP contribution in [0.5, 0.6) is 0 Å². The number of aliphatic hydroxyl groups is 1. The van der Waals surface area contributed by atoms with Gasteiger partial charge in [0.1, 0.15) is 30.0 Å². The van der Waals surface area contributed by atoms with Crippen molar-refractivity contribution >= 4 is 67.7 Å². The highest BCUT2D eigenvalue weighted by Crippen LogP contribution is 2.22. The molecule has 9 rings (SSSR count). The first-order valence-corrected chi connectivity index (χ1v) is 24.9. The fourth-order valence-electron chi connectivity index (χ4n) is 5.95. The minimum atomic E-state index is -0.303. The monoisotopic (exact) mass is 1070 g/mol. The van der Waals surface area contributed by atoms with Crippen LogP contribution < -0.4 is 16.0 Å². The third-order valence-electron chi connectivity index (χ3n) is 9.32. The molecule has 6 aromatic heterocycles. The fraction of sp³-hybridized carbons (Fsp3) is 0.217. The van der Waals surface area contributed by atoms with Gasteiger partial charge < -0.3 is 39.4 Å². The van der Waals surface area contributed by atoms with Gasteiger partial charge in [0.2, 0.25) is 0 Å². The number of methoxy groups -OCH3 is 1. The Bertz CT molecular complexity index is 2880. The number of rotatable bonds is 19. The van der Waals surface area contributed by atoms with Gasteiger partial charge in [-0.05, 0) is 0 Å². The van der Waals surface area contributed by atoms with E-state index in [0.29, 0.717) is 73.1 Å². The van der Waals surface area contributed by atoms with Crippen LogP contribution in [0.1, 0.15) is 61.5 Å². The second-order valence-corrected chi connectivity index (χ2v) is 18.3. The number of nitrogens with one attached hydrogen (secondary N) is 3. The van der Waals surface area contributed by atoms with Crippen molar-refractivity contribution in [2.75, 3.05) is 26.7 Å². The zero-order valence-electron chi connectivity index (χ0n) is 37.2. The van der Waals surface area contributed by atoms with Gasteiger partial charge in [-0.2, -0.15) is 0 Å². The molecule has 6 heterocycles. The molecular weight excluding hydrogens is 1020 g/mol. The number of alkyl halides is 1. The number of aromatic nitrogens is 9. The first-order valence-electron chi connectivity index (χ1n) is 21.3. The second-order valence-electron chi connectivity index (χ2n) is 14.3. The van der Waals surface area contributed by atoms with E-state index in [1.807, 2.05) is 91.0 Å². The highest BCUT2D eigenvalue weighted by molar-refractivity contribution is 9.08. The number of carbonyl (C=O) groups excluding carboxylic acids is 3. The van der Waals surface area contributed by atoms with Gasteiger partial charge in [-0.15, -0.1) is 41.9 Å². The Balaban J connectivity index is 0.000000155. The number of carbonyl (C=O) groups is 3. The Kier molecular flexibility index (Phi) is 19.2. The van der Waals surface area contributed by atoms with Gasteiger partial charge in [-0.3, -0.25) is 14.4 Å². The smallest absolute Gasteiger partial charge is 0.273 e. The molecule has 0 atom stereocenters. The van der Waals surface area contributed by atoms with Crippen molar-refractivity contribution in [3.05, 3.63) is 156 Å². The molecule has 70 heavy (non-hydrogen) atoms. The minimum Gasteiger partial charge on any atom is -0.389 e. The van der Waals surface area contributed by atoms with Crippen LogP contribution in [0.25, 0.3) is 34.0 Å². The number of hydrogen-bond donors (Lipinski definition) is 4. The Morgan fingerprint density at radius 2 is 0.843 bits per heavy atom. The topological polar surface area (TPSA) is 272 Å². The third-order valence-corrected chi connectivity index (χ3v) is 13.1. The Hall–Kier alpha value is -7.22. The Morgan fingerprint density at radius 3 is 1.17 bits per heavy atom. The Labute approximate surface area is 420 Å². The lowest BCUT2D eigenvalue weighted by molar-refractivity contribution is 0.0937. The normalized spacial score (nSPS) is 10.7. The molecule has 0 aliphatic rings. The summed E-state index contributed by atoms with van der Waals surface area (Å²) in [6.07, 6.45) is 1.79. The molecule has 20 nitrogen and oxygen atoms in total. The zero-order chi connectivity index (χ0) is 48.9. The van der Waals surface area contributed by atoms with E-state index in [4.69, 9.17) is 23.4 Å². The van der Waals surface area contributed by atoms with E-state index in [1.165, 1.54) is 34.0 Å². The number of ether oxygens (including phenoxy) is 1. The molecule has 9 aromatic rings. The second kappa shape index (κ2) is 26.5. The lowest BCUT2D eigenvalue weighted by Gasteiger charge is -1.99. The van der Waals surface area contributed by atoms with Crippen LogP contribution in [0.3, 0.4) is 0 Å². The number of hydrogen-bond acceptors (Lipinski definition) is 20. The average molecular weight is 1070 g/mol. The molecule has 0 unspecified atom stereocenters. The maximum atomic E-state index is 12.1. The zero-order valence-corrected chi connectivity index (χ0v) is 41.2. The highest BCUT2D eigenvalue weighted by Gasteiger charge is 2.17. The molecule has 3 amide bonds. The van der Waals surface area contributed by atoms with Crippen molar-refractivity contribution in [1.82, 2.24) is 62.0 Å². The van der Waals surface area contributed by atoms with Gasteiger partial charge in [0, 0.05) is 80.9 Å². The lowest BCUT2D eigenvalue weighted by atomic mass is 10.1. The summed E-state index contributed by atoms with van der Waals surface area (Å²) in [7, 11) is 1.61. The van der Waals surface area contributed by atoms with Crippen molar-refractivity contribution in [2.45, 2.75) is 37.8 Å². The summed E-state index contributed by atoms with van der Waals surface area (Å²) in [5, 5.41) is 58.1. The first-order chi connectivity index (χ1) is 34.3. The van der Waals surface area contributed by atoms with E-state index in [-0.39, 0.29) is 41.4 Å². The van der Waals surface area contributed by atoms with E-state index in [2.05, 4.69) is 77.9 Å². The third kappa shape index (κ3) is 15.1. The van der Waals surface area contributed by atoms with Gasteiger partial charge in [0.25, 0.3) is 17.7 Å². The van der Waals surface area contributed by atoms with Crippen molar-refractivity contribution < 1.29 is 37.8 Å². The van der Waals surface area contributed by atoms with Crippen LogP contribution in [-0.4, -0.2) is 95.6 Å². The van der Waals surface area contributed by atoms with Crippen LogP contribution in [0.2, 0.25) is 0 Å². The largest absolute Gasteiger partial charge is 0.389 e. The molecular formula is C46H43BrN12O8S3. The molecule has 0 aliphatic heterocycles. The van der Waals surface area contributed by atoms with Gasteiger partial charge in [-0.1, -0.05) is 145 Å². The average Bonchev–Trinajstić information content (AvgIpc) is 4.27. The number of benzene rings is 3. The highest BCUT2D eigenvalue weighted by atomic mass is 79.9. The molecule has 0 spiro atoms. The summed E-state index contributed by atoms with van der Waals surface area (Å²) in [6.45, 7) is 1.67. The molecule has 0 bridgehead atoms. The standard InChI is InChI=1S/C16H16N4O3S.C15H13BrN4O2S.C15H14N4O3S/c1-22-10-15-19-18-14(24-15)7-8-17-16(21)12-9-13(23-20-12)11-5-3-2-4-6-11;16-9-14-19-18-13(23-14)6-7-17-15(21)11-8-12(22-20-11)10-4-2-1-3-5-10;20-9-14-18-17-13(23-14)6-7-16-15(21)11-8-12(22-19-11)10-4-2-1-3-5-10/h2-6,9H,7-8,10H2,1H3,(H,17,21);1-5,8H,6-7,9H2,(H,17,21);1-5,8,20H,6-7,9H2,(H,16,21). The molecule has 0 aliphatic carbocycles. The minimum absolute atomic E-state index is 0.120. The summed E-state index contributed by atoms with van der Waals surface area (Å²) in [4.78, 5) is 36.2. The molecule has 0 fully saturated rings.